The van der Waals surface area contributed by atoms with E-state index in [9.17, 15) is 9.59 Å². The predicted octanol–water partition coefficient (Wildman–Crippen LogP) is 0.490. The van der Waals surface area contributed by atoms with Gasteiger partial charge in [-0.2, -0.15) is 0 Å². The first kappa shape index (κ1) is 14.6. The van der Waals surface area contributed by atoms with E-state index < -0.39 is 5.97 Å². The molecule has 0 unspecified atom stereocenters. The van der Waals surface area contributed by atoms with Crippen LogP contribution in [-0.4, -0.2) is 37.2 Å². The van der Waals surface area contributed by atoms with Crippen LogP contribution in [0, 0.1) is 0 Å². The van der Waals surface area contributed by atoms with Crippen molar-refractivity contribution in [2.24, 2.45) is 0 Å². The Kier molecular flexibility index (Phi) is 4.99. The fourth-order valence-electron chi connectivity index (χ4n) is 1.42. The Morgan fingerprint density at radius 2 is 2.05 bits per heavy atom. The summed E-state index contributed by atoms with van der Waals surface area (Å²) in [7, 11) is 1.40. The smallest absolute Gasteiger partial charge is 0.337 e. The first-order chi connectivity index (χ1) is 8.99. The number of carbonyl (C=O) groups is 2. The van der Waals surface area contributed by atoms with Crippen molar-refractivity contribution in [3.8, 4) is 11.5 Å². The molecule has 0 aliphatic heterocycles. The van der Waals surface area contributed by atoms with Crippen molar-refractivity contribution in [1.82, 2.24) is 5.32 Å². The Bertz CT molecular complexity index is 487. The fourth-order valence-corrected chi connectivity index (χ4v) is 1.42. The Balaban J connectivity index is 2.94. The number of rotatable bonds is 6. The van der Waals surface area contributed by atoms with Crippen LogP contribution < -0.4 is 20.5 Å². The molecule has 0 saturated carbocycles. The van der Waals surface area contributed by atoms with Crippen LogP contribution in [0.5, 0.6) is 11.5 Å². The highest BCUT2D eigenvalue weighted by atomic mass is 16.5. The highest BCUT2D eigenvalue weighted by Gasteiger charge is 2.15. The number of likely N-dealkylation sites (N-methyl/N-ethyl adjacent to an activating group) is 1. The minimum Gasteiger partial charge on any atom is -0.493 e. The maximum Gasteiger partial charge on any atom is 0.337 e. The zero-order valence-electron chi connectivity index (χ0n) is 10.7. The van der Waals surface area contributed by atoms with E-state index in [0.717, 1.165) is 0 Å². The number of nitrogen functional groups attached to an aromatic ring is 1. The zero-order valence-corrected chi connectivity index (χ0v) is 10.7. The maximum absolute atomic E-state index is 11.3. The van der Waals surface area contributed by atoms with Gasteiger partial charge in [0.15, 0.2) is 18.1 Å². The van der Waals surface area contributed by atoms with Gasteiger partial charge in [0.25, 0.3) is 5.91 Å². The molecular weight excluding hydrogens is 252 g/mol. The third-order valence-electron chi connectivity index (χ3n) is 2.30. The summed E-state index contributed by atoms with van der Waals surface area (Å²) >= 11 is 0. The van der Waals surface area contributed by atoms with Crippen molar-refractivity contribution >= 4 is 17.6 Å². The van der Waals surface area contributed by atoms with E-state index in [2.05, 4.69) is 5.32 Å². The quantitative estimate of drug-likeness (QED) is 0.647. The first-order valence-corrected chi connectivity index (χ1v) is 5.59. The number of hydrogen-bond acceptors (Lipinski definition) is 5. The average molecular weight is 268 g/mol. The van der Waals surface area contributed by atoms with Crippen molar-refractivity contribution in [3.63, 3.8) is 0 Å². The lowest BCUT2D eigenvalue weighted by molar-refractivity contribution is -0.123. The normalized spacial score (nSPS) is 9.79. The molecule has 7 nitrogen and oxygen atoms in total. The van der Waals surface area contributed by atoms with Gasteiger partial charge in [-0.05, 0) is 6.92 Å². The van der Waals surface area contributed by atoms with Crippen LogP contribution in [0.15, 0.2) is 12.1 Å². The van der Waals surface area contributed by atoms with Gasteiger partial charge in [-0.3, -0.25) is 4.79 Å². The summed E-state index contributed by atoms with van der Waals surface area (Å²) in [6.45, 7) is 2.04. The molecule has 0 aliphatic rings. The van der Waals surface area contributed by atoms with Crippen LogP contribution in [0.25, 0.3) is 0 Å². The van der Waals surface area contributed by atoms with E-state index >= 15 is 0 Å². The SMILES string of the molecule is CCNC(=O)COc1cc(C(=O)O)c(N)cc1OC. The molecule has 0 atom stereocenters. The highest BCUT2D eigenvalue weighted by Crippen LogP contribution is 2.32. The van der Waals surface area contributed by atoms with Gasteiger partial charge in [-0.15, -0.1) is 0 Å². The summed E-state index contributed by atoms with van der Waals surface area (Å²) in [4.78, 5) is 22.2. The maximum atomic E-state index is 11.3. The Morgan fingerprint density at radius 3 is 2.58 bits per heavy atom. The van der Waals surface area contributed by atoms with Crippen LogP contribution in [0.1, 0.15) is 17.3 Å². The van der Waals surface area contributed by atoms with Gasteiger partial charge in [0.05, 0.1) is 18.4 Å². The van der Waals surface area contributed by atoms with E-state index in [1.54, 1.807) is 6.92 Å². The number of carboxylic acids is 1. The van der Waals surface area contributed by atoms with Gasteiger partial charge in [-0.25, -0.2) is 4.79 Å². The monoisotopic (exact) mass is 268 g/mol. The number of methoxy groups -OCH3 is 1. The van der Waals surface area contributed by atoms with E-state index in [1.165, 1.54) is 19.2 Å². The minimum atomic E-state index is -1.18. The highest BCUT2D eigenvalue weighted by molar-refractivity contribution is 5.94. The number of anilines is 1. The number of nitrogens with two attached hydrogens (primary N) is 1. The predicted molar refractivity (Wildman–Crippen MR) is 68.5 cm³/mol. The molecule has 0 heterocycles. The van der Waals surface area contributed by atoms with Gasteiger partial charge in [0, 0.05) is 18.7 Å². The van der Waals surface area contributed by atoms with Crippen molar-refractivity contribution in [2.75, 3.05) is 26.0 Å². The van der Waals surface area contributed by atoms with Gasteiger partial charge >= 0.3 is 5.97 Å². The van der Waals surface area contributed by atoms with Gasteiger partial charge in [0.1, 0.15) is 0 Å². The molecule has 0 radical (unpaired) electrons. The van der Waals surface area contributed by atoms with E-state index in [-0.39, 0.29) is 35.3 Å². The largest absolute Gasteiger partial charge is 0.493 e. The molecule has 7 heteroatoms. The number of aromatic carboxylic acids is 1. The third kappa shape index (κ3) is 3.77. The van der Waals surface area contributed by atoms with Crippen LogP contribution in [0.3, 0.4) is 0 Å². The van der Waals surface area contributed by atoms with Crippen molar-refractivity contribution in [2.45, 2.75) is 6.92 Å². The van der Waals surface area contributed by atoms with Crippen LogP contribution in [0.4, 0.5) is 5.69 Å². The zero-order chi connectivity index (χ0) is 14.4. The molecule has 104 valence electrons. The van der Waals surface area contributed by atoms with Gasteiger partial charge < -0.3 is 25.6 Å². The molecule has 1 aromatic carbocycles. The van der Waals surface area contributed by atoms with E-state index in [0.29, 0.717) is 6.54 Å². The summed E-state index contributed by atoms with van der Waals surface area (Å²) in [5.41, 5.74) is 5.53. The second-order valence-electron chi connectivity index (χ2n) is 3.64. The van der Waals surface area contributed by atoms with Crippen molar-refractivity contribution in [3.05, 3.63) is 17.7 Å². The second-order valence-corrected chi connectivity index (χ2v) is 3.64. The lowest BCUT2D eigenvalue weighted by Crippen LogP contribution is -2.28. The Labute approximate surface area is 110 Å². The number of benzene rings is 1. The summed E-state index contributed by atoms with van der Waals surface area (Å²) < 4.78 is 10.3. The minimum absolute atomic E-state index is 0.0645. The van der Waals surface area contributed by atoms with E-state index in [4.69, 9.17) is 20.3 Å². The number of amides is 1. The van der Waals surface area contributed by atoms with Crippen LogP contribution in [0.2, 0.25) is 0 Å². The Morgan fingerprint density at radius 1 is 1.37 bits per heavy atom. The number of ether oxygens (including phenoxy) is 2. The summed E-state index contributed by atoms with van der Waals surface area (Å²) in [5.74, 6) is -1.06. The molecule has 0 aliphatic carbocycles. The number of carbonyl (C=O) groups excluding carboxylic acids is 1. The van der Waals surface area contributed by atoms with Crippen molar-refractivity contribution < 1.29 is 24.2 Å². The average Bonchev–Trinajstić information content (AvgIpc) is 2.36. The molecule has 19 heavy (non-hydrogen) atoms. The molecule has 0 bridgehead atoms. The summed E-state index contributed by atoms with van der Waals surface area (Å²) in [6.07, 6.45) is 0. The van der Waals surface area contributed by atoms with E-state index in [1.807, 2.05) is 0 Å². The lowest BCUT2D eigenvalue weighted by atomic mass is 10.1. The molecule has 1 rings (SSSR count). The third-order valence-corrected chi connectivity index (χ3v) is 2.30. The molecular formula is C12H16N2O5. The molecule has 1 amide bonds. The lowest BCUT2D eigenvalue weighted by Gasteiger charge is -2.12. The number of hydrogen-bond donors (Lipinski definition) is 3. The molecule has 1 aromatic rings. The van der Waals surface area contributed by atoms with Gasteiger partial charge in [-0.1, -0.05) is 0 Å². The second kappa shape index (κ2) is 6.48. The van der Waals surface area contributed by atoms with Crippen molar-refractivity contribution in [1.29, 1.82) is 0 Å². The Hall–Kier alpha value is -2.44. The topological polar surface area (TPSA) is 111 Å². The number of carboxylic acid groups (broad SMARTS) is 1. The van der Waals surface area contributed by atoms with Crippen LogP contribution in [-0.2, 0) is 4.79 Å². The summed E-state index contributed by atoms with van der Waals surface area (Å²) in [6, 6.07) is 2.58. The first-order valence-electron chi connectivity index (χ1n) is 5.59. The van der Waals surface area contributed by atoms with Gasteiger partial charge in [0.2, 0.25) is 0 Å². The number of nitrogens with one attached hydrogen (secondary N) is 1. The molecule has 4 N–H and O–H groups in total. The molecule has 0 fully saturated rings. The molecule has 0 spiro atoms. The summed E-state index contributed by atoms with van der Waals surface area (Å²) in [5, 5.41) is 11.5. The van der Waals surface area contributed by atoms with Crippen LogP contribution >= 0.6 is 0 Å². The standard InChI is InChI=1S/C12H16N2O5/c1-3-14-11(15)6-19-10-4-7(12(16)17)8(13)5-9(10)18-2/h4-5H,3,6,13H2,1-2H3,(H,14,15)(H,16,17). The fraction of sp³-hybridized carbons (Fsp3) is 0.333. The molecule has 0 aromatic heterocycles. The molecule has 0 saturated heterocycles.